The molecule has 0 radical (unpaired) electrons. The molecule has 3 rings (SSSR count). The highest BCUT2D eigenvalue weighted by molar-refractivity contribution is 9.10. The monoisotopic (exact) mass is 468 g/mol. The standard InChI is InChI=1S/C20H19BrClFN2O3/c1-25-11-24-20-17(25)9-14(18(26)10-28-6-5-27-2)15(19(20)23)7-12-3-4-13(21)8-16(12)22/h3-4,8-9,11H,5-7,10H2,1-2H3. The van der Waals surface area contributed by atoms with Gasteiger partial charge in [-0.2, -0.15) is 0 Å². The molecule has 0 bridgehead atoms. The van der Waals surface area contributed by atoms with Crippen molar-refractivity contribution >= 4 is 44.3 Å². The Kier molecular flexibility index (Phi) is 6.82. The van der Waals surface area contributed by atoms with Gasteiger partial charge in [-0.05, 0) is 23.8 Å². The molecule has 0 saturated carbocycles. The van der Waals surface area contributed by atoms with Crippen molar-refractivity contribution in [2.24, 2.45) is 7.05 Å². The Morgan fingerprint density at radius 1 is 1.32 bits per heavy atom. The van der Waals surface area contributed by atoms with E-state index in [4.69, 9.17) is 21.1 Å². The molecule has 0 fully saturated rings. The summed E-state index contributed by atoms with van der Waals surface area (Å²) in [5.41, 5.74) is 2.01. The van der Waals surface area contributed by atoms with Gasteiger partial charge in [-0.3, -0.25) is 4.79 Å². The van der Waals surface area contributed by atoms with Gasteiger partial charge in [0.2, 0.25) is 0 Å². The largest absolute Gasteiger partial charge is 0.382 e. The van der Waals surface area contributed by atoms with Gasteiger partial charge >= 0.3 is 0 Å². The molecule has 2 aromatic carbocycles. The molecule has 5 nitrogen and oxygen atoms in total. The summed E-state index contributed by atoms with van der Waals surface area (Å²) in [7, 11) is 3.31. The summed E-state index contributed by atoms with van der Waals surface area (Å²) in [6.45, 7) is 0.504. The van der Waals surface area contributed by atoms with Crippen LogP contribution in [0.25, 0.3) is 11.0 Å². The minimum Gasteiger partial charge on any atom is -0.382 e. The van der Waals surface area contributed by atoms with Crippen LogP contribution < -0.4 is 0 Å². The smallest absolute Gasteiger partial charge is 0.188 e. The summed E-state index contributed by atoms with van der Waals surface area (Å²) < 4.78 is 28.1. The highest BCUT2D eigenvalue weighted by Gasteiger charge is 2.22. The number of methoxy groups -OCH3 is 1. The molecule has 0 amide bonds. The molecule has 28 heavy (non-hydrogen) atoms. The highest BCUT2D eigenvalue weighted by atomic mass is 79.9. The number of ketones is 1. The van der Waals surface area contributed by atoms with E-state index in [1.165, 1.54) is 6.33 Å². The Labute approximate surface area is 175 Å². The second kappa shape index (κ2) is 9.13. The number of nitrogens with zero attached hydrogens (tertiary/aromatic N) is 2. The first kappa shape index (κ1) is 20.9. The first-order valence-corrected chi connectivity index (χ1v) is 9.75. The molecule has 0 aliphatic rings. The maximum Gasteiger partial charge on any atom is 0.188 e. The molecule has 0 aliphatic heterocycles. The predicted octanol–water partition coefficient (Wildman–Crippen LogP) is 4.56. The summed E-state index contributed by atoms with van der Waals surface area (Å²) in [6.07, 6.45) is 1.69. The number of rotatable bonds is 8. The van der Waals surface area contributed by atoms with E-state index in [2.05, 4.69) is 20.9 Å². The minimum atomic E-state index is -0.516. The summed E-state index contributed by atoms with van der Waals surface area (Å²) in [6, 6.07) is 7.03. The van der Waals surface area contributed by atoms with E-state index in [-0.39, 0.29) is 42.1 Å². The number of aromatic nitrogens is 2. The van der Waals surface area contributed by atoms with Crippen molar-refractivity contribution in [1.29, 1.82) is 0 Å². The Bertz CT molecular complexity index is 1020. The first-order chi connectivity index (χ1) is 13.4. The third-order valence-electron chi connectivity index (χ3n) is 4.41. The quantitative estimate of drug-likeness (QED) is 0.358. The van der Waals surface area contributed by atoms with Crippen LogP contribution in [-0.2, 0) is 22.9 Å². The number of carbonyl (C=O) groups excluding carboxylic acids is 1. The van der Waals surface area contributed by atoms with Crippen molar-refractivity contribution in [3.05, 3.63) is 62.6 Å². The lowest BCUT2D eigenvalue weighted by Gasteiger charge is -2.13. The van der Waals surface area contributed by atoms with E-state index in [0.717, 1.165) is 4.47 Å². The zero-order chi connectivity index (χ0) is 20.3. The molecule has 1 heterocycles. The Hall–Kier alpha value is -1.80. The highest BCUT2D eigenvalue weighted by Crippen LogP contribution is 2.29. The topological polar surface area (TPSA) is 53.4 Å². The summed E-state index contributed by atoms with van der Waals surface area (Å²) in [5, 5.41) is 0.490. The van der Waals surface area contributed by atoms with Crippen LogP contribution in [0, 0.1) is 5.82 Å². The average molecular weight is 470 g/mol. The van der Waals surface area contributed by atoms with Crippen LogP contribution in [0.15, 0.2) is 35.1 Å². The third kappa shape index (κ3) is 4.43. The SMILES string of the molecule is COCCOCC(=O)c1cc2c(ncn2C)c(F)c1Cc1ccc(Br)cc1Cl. The molecular formula is C20H19BrClFN2O3. The van der Waals surface area contributed by atoms with Gasteiger partial charge in [-0.25, -0.2) is 9.37 Å². The number of aryl methyl sites for hydroxylation is 1. The van der Waals surface area contributed by atoms with Crippen molar-refractivity contribution < 1.29 is 18.7 Å². The molecular weight excluding hydrogens is 451 g/mol. The Balaban J connectivity index is 2.03. The molecule has 1 aromatic heterocycles. The fourth-order valence-electron chi connectivity index (χ4n) is 2.93. The molecule has 3 aromatic rings. The summed E-state index contributed by atoms with van der Waals surface area (Å²) in [4.78, 5) is 16.9. The number of carbonyl (C=O) groups is 1. The normalized spacial score (nSPS) is 11.3. The number of benzene rings is 2. The second-order valence-corrected chi connectivity index (χ2v) is 7.64. The Morgan fingerprint density at radius 2 is 2.11 bits per heavy atom. The van der Waals surface area contributed by atoms with Gasteiger partial charge in [-0.1, -0.05) is 33.6 Å². The van der Waals surface area contributed by atoms with Crippen molar-refractivity contribution in [3.8, 4) is 0 Å². The average Bonchev–Trinajstić information content (AvgIpc) is 3.03. The molecule has 0 unspecified atom stereocenters. The van der Waals surface area contributed by atoms with Crippen LogP contribution in [0.1, 0.15) is 21.5 Å². The van der Waals surface area contributed by atoms with Gasteiger partial charge in [0.25, 0.3) is 0 Å². The van der Waals surface area contributed by atoms with E-state index in [1.54, 1.807) is 36.9 Å². The van der Waals surface area contributed by atoms with E-state index in [0.29, 0.717) is 22.7 Å². The van der Waals surface area contributed by atoms with Crippen molar-refractivity contribution in [2.45, 2.75) is 6.42 Å². The fraction of sp³-hybridized carbons (Fsp3) is 0.300. The van der Waals surface area contributed by atoms with Crippen molar-refractivity contribution in [3.63, 3.8) is 0 Å². The van der Waals surface area contributed by atoms with E-state index >= 15 is 4.39 Å². The maximum atomic E-state index is 15.3. The third-order valence-corrected chi connectivity index (χ3v) is 5.25. The van der Waals surface area contributed by atoms with Crippen LogP contribution in [0.2, 0.25) is 5.02 Å². The Morgan fingerprint density at radius 3 is 2.82 bits per heavy atom. The lowest BCUT2D eigenvalue weighted by Crippen LogP contribution is -2.15. The van der Waals surface area contributed by atoms with E-state index in [1.807, 2.05) is 6.07 Å². The first-order valence-electron chi connectivity index (χ1n) is 8.58. The van der Waals surface area contributed by atoms with Crippen LogP contribution >= 0.6 is 27.5 Å². The van der Waals surface area contributed by atoms with Gasteiger partial charge in [-0.15, -0.1) is 0 Å². The zero-order valence-corrected chi connectivity index (χ0v) is 17.8. The van der Waals surface area contributed by atoms with Crippen molar-refractivity contribution in [2.75, 3.05) is 26.9 Å². The fourth-order valence-corrected chi connectivity index (χ4v) is 3.67. The minimum absolute atomic E-state index is 0.159. The molecule has 0 aliphatic carbocycles. The molecule has 148 valence electrons. The molecule has 0 atom stereocenters. The number of hydrogen-bond acceptors (Lipinski definition) is 4. The van der Waals surface area contributed by atoms with Gasteiger partial charge in [0.1, 0.15) is 12.1 Å². The predicted molar refractivity (Wildman–Crippen MR) is 110 cm³/mol. The molecule has 0 saturated heterocycles. The van der Waals surface area contributed by atoms with E-state index in [9.17, 15) is 4.79 Å². The number of Topliss-reactive ketones (excluding diaryl/α,β-unsaturated/α-hetero) is 1. The number of hydrogen-bond donors (Lipinski definition) is 0. The lowest BCUT2D eigenvalue weighted by molar-refractivity contribution is 0.0576. The number of halogens is 3. The van der Waals surface area contributed by atoms with Gasteiger partial charge in [0, 0.05) is 41.2 Å². The number of imidazole rings is 1. The van der Waals surface area contributed by atoms with Gasteiger partial charge < -0.3 is 14.0 Å². The maximum absolute atomic E-state index is 15.3. The van der Waals surface area contributed by atoms with Crippen molar-refractivity contribution in [1.82, 2.24) is 9.55 Å². The lowest BCUT2D eigenvalue weighted by atomic mass is 9.95. The number of fused-ring (bicyclic) bond motifs is 1. The van der Waals surface area contributed by atoms with E-state index < -0.39 is 5.82 Å². The molecule has 0 spiro atoms. The second-order valence-electron chi connectivity index (χ2n) is 6.32. The number of ether oxygens (including phenoxy) is 2. The molecule has 0 N–H and O–H groups in total. The van der Waals surface area contributed by atoms with Crippen LogP contribution in [0.4, 0.5) is 4.39 Å². The van der Waals surface area contributed by atoms with Crippen LogP contribution in [0.5, 0.6) is 0 Å². The summed E-state index contributed by atoms with van der Waals surface area (Å²) in [5.74, 6) is -0.821. The van der Waals surface area contributed by atoms with Crippen LogP contribution in [-0.4, -0.2) is 42.3 Å². The van der Waals surface area contributed by atoms with Gasteiger partial charge in [0.05, 0.1) is 25.1 Å². The van der Waals surface area contributed by atoms with Crippen LogP contribution in [0.3, 0.4) is 0 Å². The molecule has 8 heteroatoms. The summed E-state index contributed by atoms with van der Waals surface area (Å²) >= 11 is 9.67. The zero-order valence-electron chi connectivity index (χ0n) is 15.5. The van der Waals surface area contributed by atoms with Gasteiger partial charge in [0.15, 0.2) is 11.6 Å².